The molecule has 1 aromatic carbocycles. The van der Waals surface area contributed by atoms with Crippen LogP contribution in [0.4, 0.5) is 13.6 Å². The molecular formula is C17H23ClF2N2O4. The number of piperazine rings is 1. The molecular weight excluding hydrogens is 370 g/mol. The van der Waals surface area contributed by atoms with E-state index in [1.807, 2.05) is 0 Å². The molecule has 1 amide bonds. The van der Waals surface area contributed by atoms with Gasteiger partial charge in [0.05, 0.1) is 0 Å². The van der Waals surface area contributed by atoms with Gasteiger partial charge in [-0.2, -0.15) is 0 Å². The van der Waals surface area contributed by atoms with Gasteiger partial charge in [0.15, 0.2) is 0 Å². The van der Waals surface area contributed by atoms with Crippen molar-refractivity contribution in [2.24, 2.45) is 0 Å². The minimum Gasteiger partial charge on any atom is -0.480 e. The maximum absolute atomic E-state index is 14.0. The lowest BCUT2D eigenvalue weighted by Gasteiger charge is -2.38. The topological polar surface area (TPSA) is 70.1 Å². The summed E-state index contributed by atoms with van der Waals surface area (Å²) < 4.78 is 32.4. The molecule has 1 atom stereocenters. The summed E-state index contributed by atoms with van der Waals surface area (Å²) in [5, 5.41) is 9.49. The zero-order chi connectivity index (χ0) is 18.8. The van der Waals surface area contributed by atoms with Gasteiger partial charge in [-0.1, -0.05) is 6.07 Å². The summed E-state index contributed by atoms with van der Waals surface area (Å²) >= 11 is 0. The lowest BCUT2D eigenvalue weighted by Crippen LogP contribution is -2.52. The van der Waals surface area contributed by atoms with Crippen LogP contribution in [-0.4, -0.2) is 58.7 Å². The lowest BCUT2D eigenvalue weighted by molar-refractivity contribution is -0.144. The van der Waals surface area contributed by atoms with E-state index in [-0.39, 0.29) is 44.1 Å². The van der Waals surface area contributed by atoms with Gasteiger partial charge in [0.2, 0.25) is 0 Å². The SMILES string of the molecule is CC(C)(C)OC(=O)N1CCN(C(C(=O)O)c2ccc(F)cc2F)CC1.Cl. The van der Waals surface area contributed by atoms with Crippen LogP contribution in [-0.2, 0) is 9.53 Å². The number of hydrogen-bond acceptors (Lipinski definition) is 4. The third-order valence-corrected chi connectivity index (χ3v) is 3.82. The number of halogens is 3. The molecule has 1 aliphatic heterocycles. The maximum Gasteiger partial charge on any atom is 0.410 e. The van der Waals surface area contributed by atoms with Crippen molar-refractivity contribution in [3.05, 3.63) is 35.4 Å². The van der Waals surface area contributed by atoms with Crippen LogP contribution in [0.5, 0.6) is 0 Å². The molecule has 1 saturated heterocycles. The van der Waals surface area contributed by atoms with Gasteiger partial charge in [0, 0.05) is 37.8 Å². The Morgan fingerprint density at radius 1 is 1.15 bits per heavy atom. The number of nitrogens with zero attached hydrogens (tertiary/aromatic N) is 2. The summed E-state index contributed by atoms with van der Waals surface area (Å²) in [6.07, 6.45) is -0.466. The predicted octanol–water partition coefficient (Wildman–Crippen LogP) is 3.07. The number of hydrogen-bond donors (Lipinski definition) is 1. The Hall–Kier alpha value is -1.93. The number of rotatable bonds is 3. The molecule has 146 valence electrons. The van der Waals surface area contributed by atoms with E-state index in [2.05, 4.69) is 0 Å². The van der Waals surface area contributed by atoms with Crippen LogP contribution in [0.15, 0.2) is 18.2 Å². The Bertz CT molecular complexity index is 659. The Labute approximate surface area is 157 Å². The van der Waals surface area contributed by atoms with Gasteiger partial charge in [0.1, 0.15) is 23.3 Å². The highest BCUT2D eigenvalue weighted by Crippen LogP contribution is 2.26. The number of carboxylic acid groups (broad SMARTS) is 1. The number of carboxylic acids is 1. The number of carbonyl (C=O) groups is 2. The smallest absolute Gasteiger partial charge is 0.410 e. The molecule has 0 bridgehead atoms. The summed E-state index contributed by atoms with van der Waals surface area (Å²) in [6, 6.07) is 1.61. The average Bonchev–Trinajstić information content (AvgIpc) is 2.48. The Morgan fingerprint density at radius 3 is 2.19 bits per heavy atom. The van der Waals surface area contributed by atoms with Crippen molar-refractivity contribution in [2.75, 3.05) is 26.2 Å². The molecule has 0 spiro atoms. The first kappa shape index (κ1) is 22.1. The van der Waals surface area contributed by atoms with E-state index in [1.54, 1.807) is 25.7 Å². The van der Waals surface area contributed by atoms with Crippen LogP contribution in [0.25, 0.3) is 0 Å². The number of aliphatic carboxylic acids is 1. The summed E-state index contributed by atoms with van der Waals surface area (Å²) in [5.41, 5.74) is -0.714. The third-order valence-electron chi connectivity index (χ3n) is 3.82. The maximum atomic E-state index is 14.0. The minimum absolute atomic E-state index is 0. The van der Waals surface area contributed by atoms with E-state index in [4.69, 9.17) is 4.74 Å². The quantitative estimate of drug-likeness (QED) is 0.856. The van der Waals surface area contributed by atoms with Crippen LogP contribution in [0.2, 0.25) is 0 Å². The average molecular weight is 393 g/mol. The van der Waals surface area contributed by atoms with E-state index in [0.717, 1.165) is 12.1 Å². The van der Waals surface area contributed by atoms with Gasteiger partial charge in [-0.3, -0.25) is 9.69 Å². The van der Waals surface area contributed by atoms with Crippen molar-refractivity contribution in [1.29, 1.82) is 0 Å². The summed E-state index contributed by atoms with van der Waals surface area (Å²) in [5.74, 6) is -2.89. The molecule has 1 aromatic rings. The predicted molar refractivity (Wildman–Crippen MR) is 93.4 cm³/mol. The molecule has 9 heteroatoms. The summed E-state index contributed by atoms with van der Waals surface area (Å²) in [7, 11) is 0. The first-order valence-electron chi connectivity index (χ1n) is 7.98. The van der Waals surface area contributed by atoms with Crippen molar-refractivity contribution in [1.82, 2.24) is 9.80 Å². The Balaban J connectivity index is 0.00000338. The monoisotopic (exact) mass is 392 g/mol. The molecule has 1 N–H and O–H groups in total. The van der Waals surface area contributed by atoms with Crippen molar-refractivity contribution >= 4 is 24.5 Å². The number of ether oxygens (including phenoxy) is 1. The highest BCUT2D eigenvalue weighted by molar-refractivity contribution is 5.85. The molecule has 1 fully saturated rings. The van der Waals surface area contributed by atoms with Crippen molar-refractivity contribution in [3.8, 4) is 0 Å². The fourth-order valence-corrected chi connectivity index (χ4v) is 2.70. The second-order valence-corrected chi connectivity index (χ2v) is 6.91. The second kappa shape index (κ2) is 8.64. The van der Waals surface area contributed by atoms with E-state index >= 15 is 0 Å². The zero-order valence-electron chi connectivity index (χ0n) is 14.9. The Kier molecular flexibility index (Phi) is 7.35. The largest absolute Gasteiger partial charge is 0.480 e. The van der Waals surface area contributed by atoms with E-state index in [1.165, 1.54) is 4.90 Å². The summed E-state index contributed by atoms with van der Waals surface area (Å²) in [4.78, 5) is 26.7. The molecule has 0 aromatic heterocycles. The van der Waals surface area contributed by atoms with E-state index in [9.17, 15) is 23.5 Å². The van der Waals surface area contributed by atoms with Crippen molar-refractivity contribution in [2.45, 2.75) is 32.4 Å². The molecule has 0 saturated carbocycles. The van der Waals surface area contributed by atoms with Gasteiger partial charge in [0.25, 0.3) is 0 Å². The second-order valence-electron chi connectivity index (χ2n) is 6.91. The standard InChI is InChI=1S/C17H22F2N2O4.ClH/c1-17(2,3)25-16(24)21-8-6-20(7-9-21)14(15(22)23)12-5-4-11(18)10-13(12)19;/h4-5,10,14H,6-9H2,1-3H3,(H,22,23);1H. The van der Waals surface area contributed by atoms with Crippen molar-refractivity contribution in [3.63, 3.8) is 0 Å². The normalized spacial score (nSPS) is 16.6. The third kappa shape index (κ3) is 5.54. The van der Waals surface area contributed by atoms with Gasteiger partial charge in [-0.05, 0) is 26.8 Å². The first-order valence-corrected chi connectivity index (χ1v) is 7.98. The molecule has 26 heavy (non-hydrogen) atoms. The van der Waals surface area contributed by atoms with Gasteiger partial charge in [-0.25, -0.2) is 13.6 Å². The number of amides is 1. The molecule has 1 aliphatic rings. The molecule has 6 nitrogen and oxygen atoms in total. The number of benzene rings is 1. The highest BCUT2D eigenvalue weighted by Gasteiger charge is 2.34. The van der Waals surface area contributed by atoms with Crippen LogP contribution >= 0.6 is 12.4 Å². The van der Waals surface area contributed by atoms with Crippen LogP contribution in [0, 0.1) is 11.6 Å². The van der Waals surface area contributed by atoms with Crippen LogP contribution < -0.4 is 0 Å². The molecule has 2 rings (SSSR count). The highest BCUT2D eigenvalue weighted by atomic mass is 35.5. The van der Waals surface area contributed by atoms with E-state index < -0.39 is 35.3 Å². The fraction of sp³-hybridized carbons (Fsp3) is 0.529. The zero-order valence-corrected chi connectivity index (χ0v) is 15.7. The lowest BCUT2D eigenvalue weighted by atomic mass is 10.0. The fourth-order valence-electron chi connectivity index (χ4n) is 2.70. The molecule has 1 unspecified atom stereocenters. The number of carbonyl (C=O) groups excluding carboxylic acids is 1. The summed E-state index contributed by atoms with van der Waals surface area (Å²) in [6.45, 7) is 6.31. The Morgan fingerprint density at radius 2 is 1.73 bits per heavy atom. The molecule has 1 heterocycles. The molecule has 0 radical (unpaired) electrons. The van der Waals surface area contributed by atoms with E-state index in [0.29, 0.717) is 6.07 Å². The van der Waals surface area contributed by atoms with Crippen LogP contribution in [0.1, 0.15) is 32.4 Å². The van der Waals surface area contributed by atoms with Crippen molar-refractivity contribution < 1.29 is 28.2 Å². The van der Waals surface area contributed by atoms with Gasteiger partial charge < -0.3 is 14.7 Å². The van der Waals surface area contributed by atoms with Gasteiger partial charge in [-0.15, -0.1) is 12.4 Å². The van der Waals surface area contributed by atoms with Gasteiger partial charge >= 0.3 is 12.1 Å². The minimum atomic E-state index is -1.23. The van der Waals surface area contributed by atoms with Crippen LogP contribution in [0.3, 0.4) is 0 Å². The first-order chi connectivity index (χ1) is 11.6. The molecule has 0 aliphatic carbocycles.